The minimum Gasteiger partial charge on any atom is -0.478 e. The van der Waals surface area contributed by atoms with E-state index < -0.39 is 5.97 Å². The molecule has 0 amide bonds. The first-order chi connectivity index (χ1) is 8.91. The van der Waals surface area contributed by atoms with Crippen LogP contribution in [0.15, 0.2) is 48.5 Å². The molecule has 0 saturated heterocycles. The molecule has 19 heavy (non-hydrogen) atoms. The van der Waals surface area contributed by atoms with Gasteiger partial charge in [-0.1, -0.05) is 55.8 Å². The van der Waals surface area contributed by atoms with Crippen LogP contribution in [0.5, 0.6) is 0 Å². The summed E-state index contributed by atoms with van der Waals surface area (Å²) >= 11 is 0. The lowest BCUT2D eigenvalue weighted by molar-refractivity contribution is 0.0697. The fourth-order valence-corrected chi connectivity index (χ4v) is 2.17. The number of carboxylic acid groups (broad SMARTS) is 1. The van der Waals surface area contributed by atoms with Crippen molar-refractivity contribution in [1.29, 1.82) is 0 Å². The Labute approximate surface area is 113 Å². The van der Waals surface area contributed by atoms with E-state index in [1.807, 2.05) is 12.1 Å². The number of hydrogen-bond acceptors (Lipinski definition) is 1. The number of carbonyl (C=O) groups is 1. The molecule has 0 aromatic heterocycles. The molecule has 0 aliphatic carbocycles. The molecule has 2 rings (SSSR count). The summed E-state index contributed by atoms with van der Waals surface area (Å²) in [5.74, 6) is -0.889. The number of hydrogen-bond donors (Lipinski definition) is 1. The fraction of sp³-hybridized carbons (Fsp3) is 0.235. The lowest BCUT2D eigenvalue weighted by atomic mass is 9.78. The highest BCUT2D eigenvalue weighted by atomic mass is 16.4. The number of carboxylic acids is 1. The summed E-state index contributed by atoms with van der Waals surface area (Å²) in [6, 6.07) is 15.6. The van der Waals surface area contributed by atoms with Gasteiger partial charge in [0, 0.05) is 5.41 Å². The summed E-state index contributed by atoms with van der Waals surface area (Å²) in [6.45, 7) is 6.36. The third-order valence-corrected chi connectivity index (χ3v) is 3.63. The van der Waals surface area contributed by atoms with Crippen LogP contribution in [0.1, 0.15) is 40.9 Å². The lowest BCUT2D eigenvalue weighted by Crippen LogP contribution is -2.19. The van der Waals surface area contributed by atoms with E-state index in [2.05, 4.69) is 45.0 Å². The molecule has 0 aliphatic rings. The summed E-state index contributed by atoms with van der Waals surface area (Å²) in [6.07, 6.45) is 0. The van der Waals surface area contributed by atoms with Gasteiger partial charge in [-0.15, -0.1) is 0 Å². The second kappa shape index (κ2) is 4.88. The molecule has 0 radical (unpaired) electrons. The highest BCUT2D eigenvalue weighted by molar-refractivity contribution is 5.87. The monoisotopic (exact) mass is 254 g/mol. The maximum absolute atomic E-state index is 10.9. The first-order valence-corrected chi connectivity index (χ1v) is 6.32. The summed E-state index contributed by atoms with van der Waals surface area (Å²) in [5, 5.41) is 8.93. The van der Waals surface area contributed by atoms with E-state index in [0.717, 1.165) is 5.56 Å². The zero-order chi connectivity index (χ0) is 14.0. The number of aryl methyl sites for hydroxylation is 1. The summed E-state index contributed by atoms with van der Waals surface area (Å²) in [4.78, 5) is 10.9. The van der Waals surface area contributed by atoms with Crippen molar-refractivity contribution in [2.24, 2.45) is 0 Å². The topological polar surface area (TPSA) is 37.3 Å². The van der Waals surface area contributed by atoms with Crippen LogP contribution in [-0.2, 0) is 5.41 Å². The molecule has 2 aromatic carbocycles. The van der Waals surface area contributed by atoms with Crippen LogP contribution in [-0.4, -0.2) is 11.1 Å². The highest BCUT2D eigenvalue weighted by Crippen LogP contribution is 2.31. The van der Waals surface area contributed by atoms with Gasteiger partial charge in [0.05, 0.1) is 5.56 Å². The average Bonchev–Trinajstić information content (AvgIpc) is 2.39. The Morgan fingerprint density at radius 3 is 1.74 bits per heavy atom. The molecular formula is C17H18O2. The van der Waals surface area contributed by atoms with Gasteiger partial charge in [-0.2, -0.15) is 0 Å². The highest BCUT2D eigenvalue weighted by Gasteiger charge is 2.23. The molecular weight excluding hydrogens is 236 g/mol. The Bertz CT molecular complexity index is 578. The van der Waals surface area contributed by atoms with Crippen LogP contribution in [0.25, 0.3) is 0 Å². The number of rotatable bonds is 3. The summed E-state index contributed by atoms with van der Waals surface area (Å²) in [5.41, 5.74) is 3.76. The smallest absolute Gasteiger partial charge is 0.335 e. The predicted octanol–water partition coefficient (Wildman–Crippen LogP) is 4.02. The van der Waals surface area contributed by atoms with Gasteiger partial charge in [0.1, 0.15) is 0 Å². The van der Waals surface area contributed by atoms with E-state index in [1.54, 1.807) is 12.1 Å². The van der Waals surface area contributed by atoms with Crippen LogP contribution in [0.4, 0.5) is 0 Å². The van der Waals surface area contributed by atoms with Gasteiger partial charge in [-0.3, -0.25) is 0 Å². The first kappa shape index (κ1) is 13.3. The van der Waals surface area contributed by atoms with Crippen molar-refractivity contribution in [3.63, 3.8) is 0 Å². The van der Waals surface area contributed by atoms with Crippen LogP contribution in [0.3, 0.4) is 0 Å². The largest absolute Gasteiger partial charge is 0.478 e. The molecule has 0 heterocycles. The van der Waals surface area contributed by atoms with Crippen molar-refractivity contribution in [1.82, 2.24) is 0 Å². The normalized spacial score (nSPS) is 11.3. The molecule has 0 spiro atoms. The maximum Gasteiger partial charge on any atom is 0.335 e. The van der Waals surface area contributed by atoms with Gasteiger partial charge in [0.2, 0.25) is 0 Å². The van der Waals surface area contributed by atoms with Crippen molar-refractivity contribution in [2.75, 3.05) is 0 Å². The van der Waals surface area contributed by atoms with Crippen molar-refractivity contribution < 1.29 is 9.90 Å². The minimum atomic E-state index is -0.889. The van der Waals surface area contributed by atoms with Crippen LogP contribution in [0.2, 0.25) is 0 Å². The molecule has 2 heteroatoms. The predicted molar refractivity (Wildman–Crippen MR) is 76.7 cm³/mol. The molecule has 0 atom stereocenters. The molecule has 0 aliphatic heterocycles. The lowest BCUT2D eigenvalue weighted by Gasteiger charge is -2.26. The second-order valence-corrected chi connectivity index (χ2v) is 5.37. The Hall–Kier alpha value is -2.09. The third kappa shape index (κ3) is 2.68. The van der Waals surface area contributed by atoms with Crippen molar-refractivity contribution in [3.8, 4) is 0 Å². The molecule has 0 fully saturated rings. The minimum absolute atomic E-state index is 0.134. The van der Waals surface area contributed by atoms with E-state index in [4.69, 9.17) is 5.11 Å². The standard InChI is InChI=1S/C17H18O2/c1-12-4-8-14(9-5-12)17(2,3)15-10-6-13(7-11-15)16(18)19/h4-11H,1-3H3,(H,18,19). The van der Waals surface area contributed by atoms with Gasteiger partial charge < -0.3 is 5.11 Å². The zero-order valence-corrected chi connectivity index (χ0v) is 11.5. The van der Waals surface area contributed by atoms with E-state index in [-0.39, 0.29) is 5.41 Å². The first-order valence-electron chi connectivity index (χ1n) is 6.32. The summed E-state index contributed by atoms with van der Waals surface area (Å²) in [7, 11) is 0. The van der Waals surface area contributed by atoms with Crippen molar-refractivity contribution in [2.45, 2.75) is 26.2 Å². The van der Waals surface area contributed by atoms with Gasteiger partial charge in [-0.05, 0) is 30.2 Å². The Kier molecular flexibility index (Phi) is 3.43. The van der Waals surface area contributed by atoms with E-state index >= 15 is 0 Å². The van der Waals surface area contributed by atoms with Gasteiger partial charge >= 0.3 is 5.97 Å². The molecule has 0 unspecified atom stereocenters. The molecule has 1 N–H and O–H groups in total. The Morgan fingerprint density at radius 2 is 1.32 bits per heavy atom. The molecule has 0 saturated carbocycles. The van der Waals surface area contributed by atoms with E-state index in [1.165, 1.54) is 11.1 Å². The maximum atomic E-state index is 10.9. The third-order valence-electron chi connectivity index (χ3n) is 3.63. The van der Waals surface area contributed by atoms with Gasteiger partial charge in [-0.25, -0.2) is 4.79 Å². The number of benzene rings is 2. The Morgan fingerprint density at radius 1 is 0.895 bits per heavy atom. The van der Waals surface area contributed by atoms with Crippen LogP contribution >= 0.6 is 0 Å². The SMILES string of the molecule is Cc1ccc(C(C)(C)c2ccc(C(=O)O)cc2)cc1. The molecule has 0 bridgehead atoms. The zero-order valence-electron chi connectivity index (χ0n) is 11.5. The van der Waals surface area contributed by atoms with Gasteiger partial charge in [0.15, 0.2) is 0 Å². The number of aromatic carboxylic acids is 1. The van der Waals surface area contributed by atoms with Gasteiger partial charge in [0.25, 0.3) is 0 Å². The Balaban J connectivity index is 2.38. The van der Waals surface area contributed by atoms with Crippen molar-refractivity contribution in [3.05, 3.63) is 70.8 Å². The molecule has 2 nitrogen and oxygen atoms in total. The van der Waals surface area contributed by atoms with Crippen molar-refractivity contribution >= 4 is 5.97 Å². The van der Waals surface area contributed by atoms with E-state index in [9.17, 15) is 4.79 Å². The van der Waals surface area contributed by atoms with Crippen LogP contribution in [0, 0.1) is 6.92 Å². The molecule has 2 aromatic rings. The summed E-state index contributed by atoms with van der Waals surface area (Å²) < 4.78 is 0. The molecule has 98 valence electrons. The quantitative estimate of drug-likeness (QED) is 0.898. The second-order valence-electron chi connectivity index (χ2n) is 5.37. The van der Waals surface area contributed by atoms with Crippen LogP contribution < -0.4 is 0 Å². The average molecular weight is 254 g/mol. The van der Waals surface area contributed by atoms with E-state index in [0.29, 0.717) is 5.56 Å². The fourth-order valence-electron chi connectivity index (χ4n) is 2.17.